The van der Waals surface area contributed by atoms with E-state index in [0.717, 1.165) is 17.6 Å². The normalized spacial score (nSPS) is 9.67. The zero-order valence-corrected chi connectivity index (χ0v) is 16.7. The van der Waals surface area contributed by atoms with Gasteiger partial charge < -0.3 is 4.42 Å². The van der Waals surface area contributed by atoms with Crippen molar-refractivity contribution in [1.29, 1.82) is 0 Å². The van der Waals surface area contributed by atoms with Crippen LogP contribution in [0.15, 0.2) is 53.0 Å². The van der Waals surface area contributed by atoms with E-state index in [1.165, 1.54) is 21.9 Å². The van der Waals surface area contributed by atoms with Gasteiger partial charge in [0.15, 0.2) is 0 Å². The average Bonchev–Trinajstić information content (AvgIpc) is 3.05. The standard InChI is InChI=1S/C15H14O.C4H8.2C2H6/c1-3-11-7-5-9-13-12-8-4-6-10(2)14(12)16-15(11)13;1-3-4-2;2*1-2/h4-9H,3H2,1-2H3;3-4H,1-2H3;2*1-2H3/b;4-3-;;. The van der Waals surface area contributed by atoms with E-state index in [0.29, 0.717) is 0 Å². The zero-order chi connectivity index (χ0) is 18.5. The summed E-state index contributed by atoms with van der Waals surface area (Å²) in [6.45, 7) is 16.3. The Morgan fingerprint density at radius 1 is 0.792 bits per heavy atom. The SMILES string of the molecule is C/C=C\C.CC.CC.CCc1cccc2c1oc1c(C)cccc12. The van der Waals surface area contributed by atoms with Crippen molar-refractivity contribution in [1.82, 2.24) is 0 Å². The van der Waals surface area contributed by atoms with Crippen molar-refractivity contribution < 1.29 is 4.42 Å². The van der Waals surface area contributed by atoms with Gasteiger partial charge in [0.25, 0.3) is 0 Å². The smallest absolute Gasteiger partial charge is 0.138 e. The summed E-state index contributed by atoms with van der Waals surface area (Å²) in [7, 11) is 0. The molecule has 0 spiro atoms. The predicted molar refractivity (Wildman–Crippen MR) is 111 cm³/mol. The lowest BCUT2D eigenvalue weighted by Crippen LogP contribution is -1.78. The first-order valence-electron chi connectivity index (χ1n) is 9.19. The maximum Gasteiger partial charge on any atom is 0.138 e. The maximum atomic E-state index is 6.01. The predicted octanol–water partition coefficient (Wildman–Crippen LogP) is 8.09. The van der Waals surface area contributed by atoms with Crippen molar-refractivity contribution in [2.24, 2.45) is 0 Å². The molecule has 0 aliphatic rings. The van der Waals surface area contributed by atoms with E-state index in [-0.39, 0.29) is 0 Å². The van der Waals surface area contributed by atoms with Crippen molar-refractivity contribution in [2.75, 3.05) is 0 Å². The minimum atomic E-state index is 1.01. The van der Waals surface area contributed by atoms with Gasteiger partial charge in [0.1, 0.15) is 11.2 Å². The van der Waals surface area contributed by atoms with Crippen molar-refractivity contribution in [3.63, 3.8) is 0 Å². The first-order valence-corrected chi connectivity index (χ1v) is 9.19. The van der Waals surface area contributed by atoms with Gasteiger partial charge in [0.2, 0.25) is 0 Å². The highest BCUT2D eigenvalue weighted by molar-refractivity contribution is 6.06. The number of benzene rings is 2. The van der Waals surface area contributed by atoms with Gasteiger partial charge in [-0.25, -0.2) is 0 Å². The fraction of sp³-hybridized carbons (Fsp3) is 0.391. The van der Waals surface area contributed by atoms with Crippen LogP contribution in [-0.4, -0.2) is 0 Å². The van der Waals surface area contributed by atoms with Gasteiger partial charge in [-0.3, -0.25) is 0 Å². The Kier molecular flexibility index (Phi) is 11.4. The molecule has 0 aliphatic heterocycles. The van der Waals surface area contributed by atoms with Gasteiger partial charge in [0.05, 0.1) is 0 Å². The third-order valence-corrected chi connectivity index (χ3v) is 3.52. The van der Waals surface area contributed by atoms with E-state index in [2.05, 4.69) is 50.2 Å². The summed E-state index contributed by atoms with van der Waals surface area (Å²) >= 11 is 0. The number of allylic oxidation sites excluding steroid dienone is 2. The second-order valence-corrected chi connectivity index (χ2v) is 4.87. The molecular formula is C23H34O. The van der Waals surface area contributed by atoms with E-state index in [1.54, 1.807) is 0 Å². The number of aryl methyl sites for hydroxylation is 2. The average molecular weight is 327 g/mol. The van der Waals surface area contributed by atoms with E-state index < -0.39 is 0 Å². The number of hydrogen-bond donors (Lipinski definition) is 0. The van der Waals surface area contributed by atoms with Gasteiger partial charge in [-0.1, -0.05) is 83.2 Å². The molecule has 24 heavy (non-hydrogen) atoms. The van der Waals surface area contributed by atoms with Gasteiger partial charge >= 0.3 is 0 Å². The van der Waals surface area contributed by atoms with Crippen LogP contribution >= 0.6 is 0 Å². The van der Waals surface area contributed by atoms with Crippen molar-refractivity contribution >= 4 is 21.9 Å². The second-order valence-electron chi connectivity index (χ2n) is 4.87. The molecule has 3 aromatic rings. The fourth-order valence-electron chi connectivity index (χ4n) is 2.30. The first kappa shape index (κ1) is 22.0. The van der Waals surface area contributed by atoms with Crippen molar-refractivity contribution in [2.45, 2.75) is 61.8 Å². The minimum Gasteiger partial charge on any atom is -0.455 e. The van der Waals surface area contributed by atoms with Gasteiger partial charge in [-0.2, -0.15) is 0 Å². The summed E-state index contributed by atoms with van der Waals surface area (Å²) in [5.41, 5.74) is 4.57. The number of fused-ring (bicyclic) bond motifs is 3. The Balaban J connectivity index is 0.000000573. The molecule has 132 valence electrons. The van der Waals surface area contributed by atoms with Crippen LogP contribution in [0.4, 0.5) is 0 Å². The molecule has 0 unspecified atom stereocenters. The van der Waals surface area contributed by atoms with Crippen LogP contribution in [-0.2, 0) is 6.42 Å². The number of rotatable bonds is 1. The largest absolute Gasteiger partial charge is 0.455 e. The highest BCUT2D eigenvalue weighted by Crippen LogP contribution is 2.32. The fourth-order valence-corrected chi connectivity index (χ4v) is 2.30. The quantitative estimate of drug-likeness (QED) is 0.412. The summed E-state index contributed by atoms with van der Waals surface area (Å²) < 4.78 is 6.01. The Labute approximate surface area is 148 Å². The molecular weight excluding hydrogens is 292 g/mol. The maximum absolute atomic E-state index is 6.01. The van der Waals surface area contributed by atoms with E-state index in [4.69, 9.17) is 4.42 Å². The van der Waals surface area contributed by atoms with Crippen LogP contribution < -0.4 is 0 Å². The lowest BCUT2D eigenvalue weighted by atomic mass is 10.1. The molecule has 0 fully saturated rings. The molecule has 0 bridgehead atoms. The molecule has 1 heterocycles. The highest BCUT2D eigenvalue weighted by Gasteiger charge is 2.10. The lowest BCUT2D eigenvalue weighted by molar-refractivity contribution is 0.660. The first-order chi connectivity index (χ1) is 11.7. The molecule has 0 atom stereocenters. The molecule has 0 N–H and O–H groups in total. The number of hydrogen-bond acceptors (Lipinski definition) is 1. The van der Waals surface area contributed by atoms with Crippen LogP contribution in [0.2, 0.25) is 0 Å². The molecule has 0 saturated carbocycles. The van der Waals surface area contributed by atoms with E-state index in [9.17, 15) is 0 Å². The van der Waals surface area contributed by atoms with Gasteiger partial charge in [0, 0.05) is 10.8 Å². The highest BCUT2D eigenvalue weighted by atomic mass is 16.3. The third kappa shape index (κ3) is 5.26. The Hall–Kier alpha value is -2.02. The molecule has 3 rings (SSSR count). The number of para-hydroxylation sites is 2. The second kappa shape index (κ2) is 12.4. The van der Waals surface area contributed by atoms with Crippen LogP contribution in [0, 0.1) is 6.92 Å². The summed E-state index contributed by atoms with van der Waals surface area (Å²) in [6.07, 6.45) is 5.01. The Morgan fingerprint density at radius 2 is 1.29 bits per heavy atom. The Morgan fingerprint density at radius 3 is 1.79 bits per heavy atom. The van der Waals surface area contributed by atoms with E-state index in [1.807, 2.05) is 53.7 Å². The minimum absolute atomic E-state index is 1.01. The zero-order valence-electron chi connectivity index (χ0n) is 16.7. The van der Waals surface area contributed by atoms with E-state index >= 15 is 0 Å². The molecule has 0 saturated heterocycles. The Bertz CT molecular complexity index is 728. The monoisotopic (exact) mass is 326 g/mol. The summed E-state index contributed by atoms with van der Waals surface area (Å²) in [5.74, 6) is 0. The van der Waals surface area contributed by atoms with Crippen LogP contribution in [0.5, 0.6) is 0 Å². The van der Waals surface area contributed by atoms with Crippen molar-refractivity contribution in [3.05, 3.63) is 59.7 Å². The van der Waals surface area contributed by atoms with Crippen LogP contribution in [0.1, 0.15) is 59.6 Å². The van der Waals surface area contributed by atoms with Crippen LogP contribution in [0.25, 0.3) is 21.9 Å². The molecule has 0 aliphatic carbocycles. The molecule has 1 heteroatoms. The molecule has 0 amide bonds. The third-order valence-electron chi connectivity index (χ3n) is 3.52. The molecule has 0 radical (unpaired) electrons. The van der Waals surface area contributed by atoms with Crippen molar-refractivity contribution in [3.8, 4) is 0 Å². The molecule has 1 nitrogen and oxygen atoms in total. The lowest BCUT2D eigenvalue weighted by Gasteiger charge is -1.95. The topological polar surface area (TPSA) is 13.1 Å². The van der Waals surface area contributed by atoms with Gasteiger partial charge in [-0.05, 0) is 38.3 Å². The number of furan rings is 1. The van der Waals surface area contributed by atoms with Gasteiger partial charge in [-0.15, -0.1) is 0 Å². The molecule has 1 aromatic heterocycles. The summed E-state index contributed by atoms with van der Waals surface area (Å²) in [4.78, 5) is 0. The summed E-state index contributed by atoms with van der Waals surface area (Å²) in [5, 5.41) is 2.46. The molecule has 2 aromatic carbocycles. The van der Waals surface area contributed by atoms with Crippen LogP contribution in [0.3, 0.4) is 0 Å². The summed E-state index contributed by atoms with van der Waals surface area (Å²) in [6, 6.07) is 12.7.